The van der Waals surface area contributed by atoms with Gasteiger partial charge in [0.25, 0.3) is 5.91 Å². The zero-order valence-corrected chi connectivity index (χ0v) is 8.51. The van der Waals surface area contributed by atoms with Crippen molar-refractivity contribution < 1.29 is 4.79 Å². The number of aromatic nitrogens is 2. The highest BCUT2D eigenvalue weighted by atomic mass is 16.1. The number of nitrogens with two attached hydrogens (primary N) is 3. The molecule has 84 valence electrons. The van der Waals surface area contributed by atoms with Gasteiger partial charge in [0.1, 0.15) is 0 Å². The third-order valence-corrected chi connectivity index (χ3v) is 1.18. The summed E-state index contributed by atoms with van der Waals surface area (Å²) in [5, 5.41) is 8.86. The topological polar surface area (TPSA) is 152 Å². The number of primary amides is 1. The molecule has 0 aromatic carbocycles. The quantitative estimate of drug-likeness (QED) is 0.285. The van der Waals surface area contributed by atoms with Gasteiger partial charge >= 0.3 is 0 Å². The number of carbonyl (C=O) groups excluding carboxylic acids is 1. The summed E-state index contributed by atoms with van der Waals surface area (Å²) in [6, 6.07) is 0. The van der Waals surface area contributed by atoms with E-state index in [1.807, 2.05) is 0 Å². The number of hydrogen-bond donors (Lipinski definition) is 4. The summed E-state index contributed by atoms with van der Waals surface area (Å²) < 4.78 is 0. The fourth-order valence-corrected chi connectivity index (χ4v) is 0.676. The first-order valence-corrected chi connectivity index (χ1v) is 3.86. The van der Waals surface area contributed by atoms with Crippen LogP contribution in [-0.2, 0) is 0 Å². The molecule has 9 heteroatoms. The van der Waals surface area contributed by atoms with Crippen molar-refractivity contribution in [3.05, 3.63) is 12.0 Å². The number of nitrogens with zero attached hydrogens (tertiary/aromatic N) is 4. The Bertz CT molecular complexity index is 330. The third-order valence-electron chi connectivity index (χ3n) is 1.18. The van der Waals surface area contributed by atoms with Gasteiger partial charge in [-0.3, -0.25) is 21.5 Å². The Kier molecular flexibility index (Phi) is 5.59. The minimum absolute atomic E-state index is 0.158. The Hall–Kier alpha value is -2.00. The van der Waals surface area contributed by atoms with Crippen LogP contribution in [0.3, 0.4) is 0 Å². The summed E-state index contributed by atoms with van der Waals surface area (Å²) in [7, 11) is 3.42. The lowest BCUT2D eigenvalue weighted by atomic mass is 10.4. The van der Waals surface area contributed by atoms with E-state index in [2.05, 4.69) is 32.0 Å². The van der Waals surface area contributed by atoms with E-state index >= 15 is 0 Å². The van der Waals surface area contributed by atoms with Crippen LogP contribution in [0.25, 0.3) is 0 Å². The molecule has 0 saturated carbocycles. The molecule has 1 amide bonds. The number of aromatic amines is 1. The van der Waals surface area contributed by atoms with E-state index in [1.165, 1.54) is 11.3 Å². The van der Waals surface area contributed by atoms with Crippen LogP contribution < -0.4 is 17.4 Å². The Labute approximate surface area is 86.3 Å². The molecule has 15 heavy (non-hydrogen) atoms. The van der Waals surface area contributed by atoms with Crippen molar-refractivity contribution in [3.8, 4) is 0 Å². The summed E-state index contributed by atoms with van der Waals surface area (Å²) in [4.78, 5) is 17.1. The molecular formula is C6H14N8O. The number of hydrazine groups is 1. The van der Waals surface area contributed by atoms with E-state index in [1.54, 1.807) is 14.1 Å². The molecule has 0 aliphatic carbocycles. The number of carbonyl (C=O) groups is 1. The highest BCUT2D eigenvalue weighted by Crippen LogP contribution is 2.12. The molecule has 7 N–H and O–H groups in total. The standard InChI is InChI=1S/C6H10N6O.H4N2/c1-12(2)11-10-6-4(5(7)13)8-3-9-6;1-2/h3H,1-2H3,(H2,7,13)(H,8,9);1-2H2. The van der Waals surface area contributed by atoms with E-state index in [4.69, 9.17) is 5.73 Å². The molecule has 0 unspecified atom stereocenters. The number of nitrogens with one attached hydrogen (secondary N) is 1. The van der Waals surface area contributed by atoms with Crippen molar-refractivity contribution in [2.45, 2.75) is 0 Å². The molecule has 0 saturated heterocycles. The lowest BCUT2D eigenvalue weighted by molar-refractivity contribution is 0.0996. The van der Waals surface area contributed by atoms with Crippen LogP contribution in [0, 0.1) is 0 Å². The molecule has 0 radical (unpaired) electrons. The number of amides is 1. The largest absolute Gasteiger partial charge is 0.364 e. The zero-order valence-electron chi connectivity index (χ0n) is 8.51. The maximum Gasteiger partial charge on any atom is 0.269 e. The molecule has 9 nitrogen and oxygen atoms in total. The number of H-pyrrole nitrogens is 1. The Morgan fingerprint density at radius 2 is 2.13 bits per heavy atom. The molecule has 1 aromatic heterocycles. The number of imidazole rings is 1. The predicted octanol–water partition coefficient (Wildman–Crippen LogP) is -1.11. The Morgan fingerprint density at radius 3 is 2.60 bits per heavy atom. The van der Waals surface area contributed by atoms with Crippen molar-refractivity contribution in [3.63, 3.8) is 0 Å². The molecule has 1 heterocycles. The second-order valence-corrected chi connectivity index (χ2v) is 2.50. The summed E-state index contributed by atoms with van der Waals surface area (Å²) in [6.07, 6.45) is 1.34. The second-order valence-electron chi connectivity index (χ2n) is 2.50. The minimum atomic E-state index is -0.606. The Balaban J connectivity index is 0.000000921. The van der Waals surface area contributed by atoms with E-state index in [9.17, 15) is 4.79 Å². The summed E-state index contributed by atoms with van der Waals surface area (Å²) in [5.41, 5.74) is 5.20. The molecule has 1 aromatic rings. The van der Waals surface area contributed by atoms with E-state index in [0.29, 0.717) is 0 Å². The fraction of sp³-hybridized carbons (Fsp3) is 0.333. The first-order chi connectivity index (χ1) is 7.11. The van der Waals surface area contributed by atoms with Crippen LogP contribution in [0.5, 0.6) is 0 Å². The third kappa shape index (κ3) is 4.15. The first kappa shape index (κ1) is 13.0. The van der Waals surface area contributed by atoms with Crippen molar-refractivity contribution in [1.29, 1.82) is 0 Å². The molecular weight excluding hydrogens is 200 g/mol. The molecule has 1 rings (SSSR count). The molecule has 0 aliphatic rings. The van der Waals surface area contributed by atoms with Gasteiger partial charge in [0.15, 0.2) is 5.69 Å². The van der Waals surface area contributed by atoms with Crippen molar-refractivity contribution in [2.24, 2.45) is 27.8 Å². The Morgan fingerprint density at radius 1 is 1.53 bits per heavy atom. The summed E-state index contributed by atoms with van der Waals surface area (Å²) in [6.45, 7) is 0. The van der Waals surface area contributed by atoms with Crippen molar-refractivity contribution >= 4 is 11.7 Å². The summed E-state index contributed by atoms with van der Waals surface area (Å²) >= 11 is 0. The van der Waals surface area contributed by atoms with Crippen LogP contribution in [0.2, 0.25) is 0 Å². The first-order valence-electron chi connectivity index (χ1n) is 3.86. The molecule has 0 fully saturated rings. The van der Waals surface area contributed by atoms with Crippen LogP contribution in [0.4, 0.5) is 5.82 Å². The smallest absolute Gasteiger partial charge is 0.269 e. The van der Waals surface area contributed by atoms with Crippen LogP contribution >= 0.6 is 0 Å². The maximum atomic E-state index is 10.8. The van der Waals surface area contributed by atoms with Gasteiger partial charge in [0.05, 0.1) is 6.33 Å². The molecule has 0 bridgehead atoms. The lowest BCUT2D eigenvalue weighted by Crippen LogP contribution is -2.11. The van der Waals surface area contributed by atoms with Gasteiger partial charge in [-0.15, -0.1) is 5.11 Å². The lowest BCUT2D eigenvalue weighted by Gasteiger charge is -1.98. The minimum Gasteiger partial charge on any atom is -0.364 e. The molecule has 0 atom stereocenters. The van der Waals surface area contributed by atoms with Gasteiger partial charge in [0.2, 0.25) is 5.82 Å². The van der Waals surface area contributed by atoms with Crippen LogP contribution in [0.15, 0.2) is 16.7 Å². The SMILES string of the molecule is CN(C)N=Nc1nc[nH]c1C(N)=O.NN. The van der Waals surface area contributed by atoms with Gasteiger partial charge in [-0.1, -0.05) is 5.22 Å². The highest BCUT2D eigenvalue weighted by molar-refractivity contribution is 5.94. The normalized spacial score (nSPS) is 9.60. The van der Waals surface area contributed by atoms with Gasteiger partial charge in [0, 0.05) is 14.1 Å². The van der Waals surface area contributed by atoms with Gasteiger partial charge in [-0.25, -0.2) is 4.98 Å². The number of hydrogen-bond acceptors (Lipinski definition) is 6. The van der Waals surface area contributed by atoms with E-state index in [0.717, 1.165) is 0 Å². The summed E-state index contributed by atoms with van der Waals surface area (Å²) in [5.74, 6) is 7.59. The maximum absolute atomic E-state index is 10.8. The predicted molar refractivity (Wildman–Crippen MR) is 53.7 cm³/mol. The number of rotatable bonds is 3. The second kappa shape index (κ2) is 6.45. The molecule has 0 spiro atoms. The van der Waals surface area contributed by atoms with Gasteiger partial charge < -0.3 is 10.7 Å². The van der Waals surface area contributed by atoms with Crippen molar-refractivity contribution in [1.82, 2.24) is 15.0 Å². The zero-order chi connectivity index (χ0) is 11.8. The highest BCUT2D eigenvalue weighted by Gasteiger charge is 2.09. The van der Waals surface area contributed by atoms with Crippen molar-refractivity contribution in [2.75, 3.05) is 14.1 Å². The van der Waals surface area contributed by atoms with Gasteiger partial charge in [-0.05, 0) is 0 Å². The fourth-order valence-electron chi connectivity index (χ4n) is 0.676. The van der Waals surface area contributed by atoms with E-state index < -0.39 is 5.91 Å². The molecule has 0 aliphatic heterocycles. The average Bonchev–Trinajstić information content (AvgIpc) is 2.65. The average molecular weight is 214 g/mol. The van der Waals surface area contributed by atoms with Crippen LogP contribution in [-0.4, -0.2) is 35.0 Å². The van der Waals surface area contributed by atoms with E-state index in [-0.39, 0.29) is 11.5 Å². The van der Waals surface area contributed by atoms with Gasteiger partial charge in [-0.2, -0.15) is 0 Å². The monoisotopic (exact) mass is 214 g/mol. The van der Waals surface area contributed by atoms with Crippen LogP contribution in [0.1, 0.15) is 10.5 Å².